The Morgan fingerprint density at radius 2 is 1.88 bits per heavy atom. The van der Waals surface area contributed by atoms with Crippen molar-refractivity contribution >= 4 is 11.6 Å². The Morgan fingerprint density at radius 3 is 2.58 bits per heavy atom. The van der Waals surface area contributed by atoms with E-state index in [0.717, 1.165) is 44.9 Å². The van der Waals surface area contributed by atoms with E-state index in [2.05, 4.69) is 13.8 Å². The first-order chi connectivity index (χ1) is 11.3. The Labute approximate surface area is 145 Å². The highest BCUT2D eigenvalue weighted by molar-refractivity contribution is 5.80. The van der Waals surface area contributed by atoms with Crippen LogP contribution in [0.2, 0.25) is 0 Å². The van der Waals surface area contributed by atoms with Crippen LogP contribution in [0.5, 0.6) is 0 Å². The number of fused-ring (bicyclic) bond motifs is 5. The van der Waals surface area contributed by atoms with Gasteiger partial charge < -0.3 is 5.11 Å². The summed E-state index contributed by atoms with van der Waals surface area (Å²) in [7, 11) is 0. The lowest BCUT2D eigenvalue weighted by atomic mass is 9.44. The molecule has 0 heterocycles. The molecule has 0 radical (unpaired) electrons. The minimum Gasteiger partial charge on any atom is -0.393 e. The molecule has 0 aliphatic heterocycles. The summed E-state index contributed by atoms with van der Waals surface area (Å²) < 4.78 is 0. The van der Waals surface area contributed by atoms with Crippen LogP contribution in [0.15, 0.2) is 0 Å². The largest absolute Gasteiger partial charge is 0.393 e. The van der Waals surface area contributed by atoms with Gasteiger partial charge in [0.25, 0.3) is 0 Å². The minimum absolute atomic E-state index is 0.0138. The molecule has 8 atom stereocenters. The standard InChI is InChI=1S/C21H32O3/c1-12(22)16-6-7-17-15-5-4-13-10-14(23)8-9-20(13,2)19(15)18(24)11-21(16,17)3/h13,15-19,24H,4-11H2,1-3H3/t13-,15+,16-,17+,18-,19-,20+,21-/m1/s1. The average Bonchev–Trinajstić information content (AvgIpc) is 2.84. The van der Waals surface area contributed by atoms with Crippen molar-refractivity contribution in [2.75, 3.05) is 0 Å². The zero-order chi connectivity index (χ0) is 17.3. The molecule has 0 amide bonds. The van der Waals surface area contributed by atoms with E-state index >= 15 is 0 Å². The van der Waals surface area contributed by atoms with Gasteiger partial charge in [-0.15, -0.1) is 0 Å². The number of carbonyl (C=O) groups is 2. The van der Waals surface area contributed by atoms with Crippen LogP contribution < -0.4 is 0 Å². The first kappa shape index (κ1) is 16.8. The van der Waals surface area contributed by atoms with Crippen LogP contribution in [0, 0.1) is 40.4 Å². The van der Waals surface area contributed by atoms with Crippen molar-refractivity contribution in [1.82, 2.24) is 0 Å². The molecule has 134 valence electrons. The summed E-state index contributed by atoms with van der Waals surface area (Å²) in [6.07, 6.45) is 7.27. The lowest BCUT2D eigenvalue weighted by molar-refractivity contribution is -0.173. The fraction of sp³-hybridized carbons (Fsp3) is 0.905. The van der Waals surface area contributed by atoms with Crippen LogP contribution in [-0.2, 0) is 9.59 Å². The third-order valence-corrected chi connectivity index (χ3v) is 8.90. The molecule has 0 aromatic carbocycles. The van der Waals surface area contributed by atoms with Crippen LogP contribution in [0.1, 0.15) is 72.1 Å². The van der Waals surface area contributed by atoms with Crippen molar-refractivity contribution in [2.24, 2.45) is 40.4 Å². The lowest BCUT2D eigenvalue weighted by Crippen LogP contribution is -2.59. The van der Waals surface area contributed by atoms with Crippen LogP contribution in [0.3, 0.4) is 0 Å². The van der Waals surface area contributed by atoms with Gasteiger partial charge in [0.2, 0.25) is 0 Å². The molecule has 4 fully saturated rings. The predicted molar refractivity (Wildman–Crippen MR) is 92.3 cm³/mol. The monoisotopic (exact) mass is 332 g/mol. The predicted octanol–water partition coefficient (Wildman–Crippen LogP) is 3.77. The van der Waals surface area contributed by atoms with Crippen molar-refractivity contribution in [3.63, 3.8) is 0 Å². The number of hydrogen-bond acceptors (Lipinski definition) is 3. The van der Waals surface area contributed by atoms with Gasteiger partial charge in [0, 0.05) is 18.8 Å². The van der Waals surface area contributed by atoms with Crippen molar-refractivity contribution in [3.8, 4) is 0 Å². The highest BCUT2D eigenvalue weighted by Gasteiger charge is 2.63. The van der Waals surface area contributed by atoms with Gasteiger partial charge in [-0.25, -0.2) is 0 Å². The second-order valence-corrected chi connectivity index (χ2v) is 9.84. The molecule has 3 heteroatoms. The normalized spacial score (nSPS) is 53.9. The van der Waals surface area contributed by atoms with E-state index in [1.807, 2.05) is 0 Å². The second kappa shape index (κ2) is 5.40. The smallest absolute Gasteiger partial charge is 0.133 e. The Kier molecular flexibility index (Phi) is 3.77. The zero-order valence-electron chi connectivity index (χ0n) is 15.4. The number of rotatable bonds is 1. The minimum atomic E-state index is -0.308. The first-order valence-electron chi connectivity index (χ1n) is 9.97. The van der Waals surface area contributed by atoms with Crippen molar-refractivity contribution in [2.45, 2.75) is 78.2 Å². The Morgan fingerprint density at radius 1 is 1.12 bits per heavy atom. The van der Waals surface area contributed by atoms with E-state index in [-0.39, 0.29) is 22.9 Å². The van der Waals surface area contributed by atoms with E-state index in [4.69, 9.17) is 0 Å². The van der Waals surface area contributed by atoms with Crippen LogP contribution in [0.4, 0.5) is 0 Å². The Bertz CT molecular complexity index is 569. The molecule has 0 unspecified atom stereocenters. The summed E-state index contributed by atoms with van der Waals surface area (Å²) in [5.41, 5.74) is 0.103. The fourth-order valence-corrected chi connectivity index (χ4v) is 7.84. The number of aliphatic hydroxyl groups excluding tert-OH is 1. The van der Waals surface area contributed by atoms with E-state index in [0.29, 0.717) is 41.7 Å². The average molecular weight is 332 g/mol. The zero-order valence-corrected chi connectivity index (χ0v) is 15.4. The van der Waals surface area contributed by atoms with Gasteiger partial charge in [-0.2, -0.15) is 0 Å². The highest BCUT2D eigenvalue weighted by Crippen LogP contribution is 2.67. The van der Waals surface area contributed by atoms with E-state index < -0.39 is 0 Å². The van der Waals surface area contributed by atoms with E-state index in [1.54, 1.807) is 6.92 Å². The van der Waals surface area contributed by atoms with Gasteiger partial charge >= 0.3 is 0 Å². The van der Waals surface area contributed by atoms with Crippen molar-refractivity contribution in [3.05, 3.63) is 0 Å². The first-order valence-corrected chi connectivity index (χ1v) is 9.97. The fourth-order valence-electron chi connectivity index (χ4n) is 7.84. The molecule has 24 heavy (non-hydrogen) atoms. The molecule has 0 aromatic rings. The maximum absolute atomic E-state index is 12.2. The lowest BCUT2D eigenvalue weighted by Gasteiger charge is -2.61. The molecule has 4 rings (SSSR count). The van der Waals surface area contributed by atoms with Gasteiger partial charge in [-0.1, -0.05) is 13.8 Å². The molecular formula is C21H32O3. The molecule has 4 aliphatic carbocycles. The molecule has 1 N–H and O–H groups in total. The summed E-state index contributed by atoms with van der Waals surface area (Å²) in [6, 6.07) is 0. The topological polar surface area (TPSA) is 54.4 Å². The number of Topliss-reactive ketones (excluding diaryl/α,β-unsaturated/α-hetero) is 2. The molecule has 0 bridgehead atoms. The number of aliphatic hydroxyl groups is 1. The number of ketones is 2. The third-order valence-electron chi connectivity index (χ3n) is 8.90. The van der Waals surface area contributed by atoms with Gasteiger partial charge in [-0.3, -0.25) is 9.59 Å². The maximum Gasteiger partial charge on any atom is 0.133 e. The summed E-state index contributed by atoms with van der Waals surface area (Å²) in [4.78, 5) is 24.1. The number of hydrogen-bond donors (Lipinski definition) is 1. The van der Waals surface area contributed by atoms with Crippen molar-refractivity contribution < 1.29 is 14.7 Å². The van der Waals surface area contributed by atoms with E-state index in [1.165, 1.54) is 0 Å². The quantitative estimate of drug-likeness (QED) is 0.795. The SMILES string of the molecule is CC(=O)[C@H]1CC[C@H]2[C@@H]3CC[C@@H]4CC(=O)CC[C@]4(C)[C@H]3[C@H](O)C[C@]12C. The summed E-state index contributed by atoms with van der Waals surface area (Å²) in [6.45, 7) is 6.36. The van der Waals surface area contributed by atoms with Gasteiger partial charge in [-0.05, 0) is 80.0 Å². The summed E-state index contributed by atoms with van der Waals surface area (Å²) >= 11 is 0. The second-order valence-electron chi connectivity index (χ2n) is 9.84. The molecule has 0 aromatic heterocycles. The molecule has 3 nitrogen and oxygen atoms in total. The molecule has 0 spiro atoms. The van der Waals surface area contributed by atoms with Gasteiger partial charge in [0.15, 0.2) is 0 Å². The number of carbonyl (C=O) groups excluding carboxylic acids is 2. The molecule has 0 saturated heterocycles. The summed E-state index contributed by atoms with van der Waals surface area (Å²) in [5.74, 6) is 2.78. The Hall–Kier alpha value is -0.700. The van der Waals surface area contributed by atoms with Crippen LogP contribution in [-0.4, -0.2) is 22.8 Å². The molecular weight excluding hydrogens is 300 g/mol. The van der Waals surface area contributed by atoms with Crippen LogP contribution >= 0.6 is 0 Å². The Balaban J connectivity index is 1.68. The van der Waals surface area contributed by atoms with Gasteiger partial charge in [0.05, 0.1) is 6.10 Å². The highest BCUT2D eigenvalue weighted by atomic mass is 16.3. The van der Waals surface area contributed by atoms with Crippen molar-refractivity contribution in [1.29, 1.82) is 0 Å². The van der Waals surface area contributed by atoms with Gasteiger partial charge in [0.1, 0.15) is 11.6 Å². The third kappa shape index (κ3) is 2.12. The molecule has 4 aliphatic rings. The summed E-state index contributed by atoms with van der Waals surface area (Å²) in [5, 5.41) is 11.2. The maximum atomic E-state index is 12.2. The van der Waals surface area contributed by atoms with E-state index in [9.17, 15) is 14.7 Å². The van der Waals surface area contributed by atoms with Crippen LogP contribution in [0.25, 0.3) is 0 Å². The molecule has 4 saturated carbocycles.